The molecule has 1 N–H and O–H groups in total. The second kappa shape index (κ2) is 5.35. The summed E-state index contributed by atoms with van der Waals surface area (Å²) in [6.45, 7) is 0. The second-order valence-corrected chi connectivity index (χ2v) is 3.92. The molecule has 0 saturated heterocycles. The summed E-state index contributed by atoms with van der Waals surface area (Å²) in [6.07, 6.45) is 0. The van der Waals surface area contributed by atoms with Crippen LogP contribution in [0.5, 0.6) is 0 Å². The van der Waals surface area contributed by atoms with Crippen molar-refractivity contribution in [3.63, 3.8) is 0 Å². The van der Waals surface area contributed by atoms with Gasteiger partial charge in [-0.05, 0) is 23.3 Å². The first-order valence-corrected chi connectivity index (χ1v) is 5.64. The van der Waals surface area contributed by atoms with Crippen molar-refractivity contribution in [3.05, 3.63) is 59.7 Å². The van der Waals surface area contributed by atoms with Gasteiger partial charge in [-0.15, -0.1) is 0 Å². The molecule has 19 heavy (non-hydrogen) atoms. The van der Waals surface area contributed by atoms with Crippen LogP contribution in [0.4, 0.5) is 0 Å². The van der Waals surface area contributed by atoms with Crippen LogP contribution in [0.25, 0.3) is 11.1 Å². The number of carbonyl (C=O) groups excluding carboxylic acids is 1. The number of aromatic carboxylic acids is 1. The highest BCUT2D eigenvalue weighted by Crippen LogP contribution is 2.23. The van der Waals surface area contributed by atoms with Gasteiger partial charge in [-0.2, -0.15) is 0 Å². The highest BCUT2D eigenvalue weighted by Gasteiger charge is 2.17. The van der Waals surface area contributed by atoms with E-state index >= 15 is 0 Å². The topological polar surface area (TPSA) is 63.6 Å². The maximum Gasteiger partial charge on any atom is 0.338 e. The molecule has 0 aliphatic carbocycles. The summed E-state index contributed by atoms with van der Waals surface area (Å²) in [5, 5.41) is 9.06. The van der Waals surface area contributed by atoms with Gasteiger partial charge in [-0.3, -0.25) is 0 Å². The first-order valence-electron chi connectivity index (χ1n) is 5.64. The van der Waals surface area contributed by atoms with E-state index in [9.17, 15) is 9.59 Å². The minimum Gasteiger partial charge on any atom is -0.478 e. The van der Waals surface area contributed by atoms with E-state index in [4.69, 9.17) is 5.11 Å². The van der Waals surface area contributed by atoms with Crippen molar-refractivity contribution < 1.29 is 19.4 Å². The fourth-order valence-corrected chi connectivity index (χ4v) is 1.82. The maximum absolute atomic E-state index is 11.6. The van der Waals surface area contributed by atoms with Crippen molar-refractivity contribution in [1.82, 2.24) is 0 Å². The number of methoxy groups -OCH3 is 1. The first kappa shape index (κ1) is 12.8. The van der Waals surface area contributed by atoms with Gasteiger partial charge in [0.05, 0.1) is 18.2 Å². The molecule has 0 atom stereocenters. The van der Waals surface area contributed by atoms with Crippen molar-refractivity contribution in [3.8, 4) is 11.1 Å². The van der Waals surface area contributed by atoms with E-state index in [1.165, 1.54) is 19.2 Å². The third-order valence-electron chi connectivity index (χ3n) is 2.76. The number of benzene rings is 2. The van der Waals surface area contributed by atoms with E-state index < -0.39 is 11.9 Å². The Bertz CT molecular complexity index is 617. The predicted octanol–water partition coefficient (Wildman–Crippen LogP) is 2.84. The lowest BCUT2D eigenvalue weighted by Gasteiger charge is -2.07. The molecular formula is C15H12O4. The van der Waals surface area contributed by atoms with E-state index in [0.29, 0.717) is 0 Å². The lowest BCUT2D eigenvalue weighted by molar-refractivity contribution is 0.0583. The number of hydrogen-bond donors (Lipinski definition) is 1. The molecule has 0 saturated carbocycles. The van der Waals surface area contributed by atoms with E-state index in [-0.39, 0.29) is 11.1 Å². The molecule has 0 aliphatic heterocycles. The van der Waals surface area contributed by atoms with Crippen molar-refractivity contribution >= 4 is 11.9 Å². The molecule has 96 valence electrons. The Balaban J connectivity index is 2.56. The number of carbonyl (C=O) groups is 2. The number of ether oxygens (including phenoxy) is 1. The van der Waals surface area contributed by atoms with E-state index in [2.05, 4.69) is 4.74 Å². The molecule has 4 nitrogen and oxygen atoms in total. The molecule has 2 rings (SSSR count). The van der Waals surface area contributed by atoms with E-state index in [0.717, 1.165) is 11.1 Å². The average Bonchev–Trinajstić information content (AvgIpc) is 2.46. The van der Waals surface area contributed by atoms with Crippen molar-refractivity contribution in [2.45, 2.75) is 0 Å². The smallest absolute Gasteiger partial charge is 0.338 e. The molecule has 2 aromatic rings. The largest absolute Gasteiger partial charge is 0.478 e. The molecule has 0 amide bonds. The second-order valence-electron chi connectivity index (χ2n) is 3.92. The zero-order valence-corrected chi connectivity index (χ0v) is 10.3. The number of esters is 1. The van der Waals surface area contributed by atoms with Gasteiger partial charge < -0.3 is 9.84 Å². The van der Waals surface area contributed by atoms with Gasteiger partial charge in [0.25, 0.3) is 0 Å². The monoisotopic (exact) mass is 256 g/mol. The molecule has 0 bridgehead atoms. The number of carboxylic acids is 1. The van der Waals surface area contributed by atoms with Gasteiger partial charge in [-0.1, -0.05) is 36.4 Å². The minimum absolute atomic E-state index is 0.0522. The van der Waals surface area contributed by atoms with Crippen LogP contribution in [0.1, 0.15) is 20.7 Å². The Morgan fingerprint density at radius 3 is 2.21 bits per heavy atom. The lowest BCUT2D eigenvalue weighted by Crippen LogP contribution is -2.10. The van der Waals surface area contributed by atoms with Crippen LogP contribution in [0.15, 0.2) is 48.5 Å². The molecule has 2 aromatic carbocycles. The van der Waals surface area contributed by atoms with Gasteiger partial charge >= 0.3 is 11.9 Å². The molecule has 0 radical (unpaired) electrons. The normalized spacial score (nSPS) is 9.95. The summed E-state index contributed by atoms with van der Waals surface area (Å²) < 4.78 is 4.62. The molecule has 0 heterocycles. The zero-order valence-electron chi connectivity index (χ0n) is 10.3. The van der Waals surface area contributed by atoms with Crippen LogP contribution < -0.4 is 0 Å². The van der Waals surface area contributed by atoms with Crippen LogP contribution in [0, 0.1) is 0 Å². The summed E-state index contributed by atoms with van der Waals surface area (Å²) in [7, 11) is 1.23. The van der Waals surface area contributed by atoms with Crippen LogP contribution in [0.2, 0.25) is 0 Å². The Labute approximate surface area is 110 Å². The quantitative estimate of drug-likeness (QED) is 0.858. The molecular weight excluding hydrogens is 244 g/mol. The van der Waals surface area contributed by atoms with E-state index in [1.807, 2.05) is 30.3 Å². The fourth-order valence-electron chi connectivity index (χ4n) is 1.82. The third kappa shape index (κ3) is 2.63. The third-order valence-corrected chi connectivity index (χ3v) is 2.76. The predicted molar refractivity (Wildman–Crippen MR) is 70.2 cm³/mol. The summed E-state index contributed by atoms with van der Waals surface area (Å²) >= 11 is 0. The molecule has 0 unspecified atom stereocenters. The summed E-state index contributed by atoms with van der Waals surface area (Å²) in [5.74, 6) is -1.81. The Morgan fingerprint density at radius 2 is 1.63 bits per heavy atom. The Hall–Kier alpha value is -2.62. The highest BCUT2D eigenvalue weighted by atomic mass is 16.5. The maximum atomic E-state index is 11.6. The van der Waals surface area contributed by atoms with E-state index in [1.54, 1.807) is 6.07 Å². The van der Waals surface area contributed by atoms with Crippen molar-refractivity contribution in [2.24, 2.45) is 0 Å². The highest BCUT2D eigenvalue weighted by molar-refractivity contribution is 6.03. The average molecular weight is 256 g/mol. The van der Waals surface area contributed by atoms with Gasteiger partial charge in [0.15, 0.2) is 0 Å². The van der Waals surface area contributed by atoms with Crippen molar-refractivity contribution in [1.29, 1.82) is 0 Å². The van der Waals surface area contributed by atoms with Gasteiger partial charge in [0.2, 0.25) is 0 Å². The zero-order chi connectivity index (χ0) is 13.8. The summed E-state index contributed by atoms with van der Waals surface area (Å²) in [4.78, 5) is 22.7. The standard InChI is InChI=1S/C15H12O4/c1-19-15(18)13-9-11(7-8-12(13)14(16)17)10-5-3-2-4-6-10/h2-9H,1H3,(H,16,17). The fraction of sp³-hybridized carbons (Fsp3) is 0.0667. The summed E-state index contributed by atoms with van der Waals surface area (Å²) in [5.41, 5.74) is 1.67. The molecule has 0 fully saturated rings. The van der Waals surface area contributed by atoms with Crippen LogP contribution in [-0.4, -0.2) is 24.2 Å². The Kier molecular flexibility index (Phi) is 3.61. The molecule has 0 aliphatic rings. The molecule has 0 spiro atoms. The summed E-state index contributed by atoms with van der Waals surface area (Å²) in [6, 6.07) is 14.0. The Morgan fingerprint density at radius 1 is 0.947 bits per heavy atom. The van der Waals surface area contributed by atoms with Gasteiger partial charge in [0, 0.05) is 0 Å². The molecule has 4 heteroatoms. The van der Waals surface area contributed by atoms with Crippen LogP contribution in [-0.2, 0) is 4.74 Å². The van der Waals surface area contributed by atoms with Crippen LogP contribution >= 0.6 is 0 Å². The first-order chi connectivity index (χ1) is 9.13. The van der Waals surface area contributed by atoms with Gasteiger partial charge in [0.1, 0.15) is 0 Å². The number of rotatable bonds is 3. The van der Waals surface area contributed by atoms with Crippen molar-refractivity contribution in [2.75, 3.05) is 7.11 Å². The number of hydrogen-bond acceptors (Lipinski definition) is 3. The molecule has 0 aromatic heterocycles. The number of carboxylic acid groups (broad SMARTS) is 1. The van der Waals surface area contributed by atoms with Crippen LogP contribution in [0.3, 0.4) is 0 Å². The SMILES string of the molecule is COC(=O)c1cc(-c2ccccc2)ccc1C(=O)O. The minimum atomic E-state index is -1.15. The lowest BCUT2D eigenvalue weighted by atomic mass is 9.99. The van der Waals surface area contributed by atoms with Gasteiger partial charge in [-0.25, -0.2) is 9.59 Å².